The van der Waals surface area contributed by atoms with Crippen LogP contribution in [-0.4, -0.2) is 0 Å². The van der Waals surface area contributed by atoms with Crippen molar-refractivity contribution in [2.45, 2.75) is 66.7 Å². The molecule has 0 N–H and O–H groups in total. The molecular formula is C17H32. The second kappa shape index (κ2) is 7.24. The molecule has 3 atom stereocenters. The van der Waals surface area contributed by atoms with Crippen molar-refractivity contribution < 1.29 is 0 Å². The van der Waals surface area contributed by atoms with E-state index in [1.807, 2.05) is 0 Å². The van der Waals surface area contributed by atoms with Crippen LogP contribution in [0.5, 0.6) is 0 Å². The molecule has 1 rings (SSSR count). The molecule has 3 unspecified atom stereocenters. The normalized spacial score (nSPS) is 22.0. The molecule has 0 aliphatic heterocycles. The van der Waals surface area contributed by atoms with Gasteiger partial charge >= 0.3 is 0 Å². The molecule has 0 aromatic heterocycles. The Kier molecular flexibility index (Phi) is 6.30. The largest absolute Gasteiger partial charge is 0.0857 e. The van der Waals surface area contributed by atoms with E-state index < -0.39 is 0 Å². The summed E-state index contributed by atoms with van der Waals surface area (Å²) in [5, 5.41) is 0. The van der Waals surface area contributed by atoms with Crippen LogP contribution in [0.15, 0.2) is 12.2 Å². The van der Waals surface area contributed by atoms with Gasteiger partial charge in [0.15, 0.2) is 0 Å². The first-order valence-electron chi connectivity index (χ1n) is 7.72. The second-order valence-electron chi connectivity index (χ2n) is 6.61. The summed E-state index contributed by atoms with van der Waals surface area (Å²) in [5.74, 6) is 4.45. The molecule has 0 saturated heterocycles. The van der Waals surface area contributed by atoms with Crippen molar-refractivity contribution in [1.82, 2.24) is 0 Å². The van der Waals surface area contributed by atoms with Crippen LogP contribution in [0.1, 0.15) is 66.7 Å². The zero-order valence-electron chi connectivity index (χ0n) is 12.6. The third-order valence-corrected chi connectivity index (χ3v) is 4.17. The van der Waals surface area contributed by atoms with E-state index in [0.29, 0.717) is 5.92 Å². The van der Waals surface area contributed by atoms with Gasteiger partial charge in [0, 0.05) is 0 Å². The summed E-state index contributed by atoms with van der Waals surface area (Å²) < 4.78 is 0. The molecule has 0 amide bonds. The lowest BCUT2D eigenvalue weighted by molar-refractivity contribution is 0.260. The number of hydrogen-bond donors (Lipinski definition) is 0. The average molecular weight is 236 g/mol. The smallest absolute Gasteiger partial charge is 0.0259 e. The highest BCUT2D eigenvalue weighted by molar-refractivity contribution is 4.92. The van der Waals surface area contributed by atoms with Gasteiger partial charge in [-0.2, -0.15) is 0 Å². The van der Waals surface area contributed by atoms with Crippen molar-refractivity contribution in [3.8, 4) is 0 Å². The highest BCUT2D eigenvalue weighted by Crippen LogP contribution is 2.44. The molecule has 1 aliphatic carbocycles. The number of allylic oxidation sites excluding steroid dienone is 2. The lowest BCUT2D eigenvalue weighted by atomic mass is 9.80. The van der Waals surface area contributed by atoms with Crippen molar-refractivity contribution in [2.75, 3.05) is 0 Å². The van der Waals surface area contributed by atoms with Crippen molar-refractivity contribution in [3.05, 3.63) is 12.2 Å². The molecule has 0 heteroatoms. The first kappa shape index (κ1) is 14.8. The summed E-state index contributed by atoms with van der Waals surface area (Å²) in [7, 11) is 0. The molecule has 0 spiro atoms. The monoisotopic (exact) mass is 236 g/mol. The summed E-state index contributed by atoms with van der Waals surface area (Å²) in [5.41, 5.74) is 0. The molecule has 0 nitrogen and oxygen atoms in total. The van der Waals surface area contributed by atoms with Crippen LogP contribution in [-0.2, 0) is 0 Å². The highest BCUT2D eigenvalue weighted by Gasteiger charge is 2.34. The maximum Gasteiger partial charge on any atom is -0.0259 e. The van der Waals surface area contributed by atoms with Crippen LogP contribution in [0.25, 0.3) is 0 Å². The van der Waals surface area contributed by atoms with Gasteiger partial charge in [0.05, 0.1) is 0 Å². The Morgan fingerprint density at radius 2 is 1.71 bits per heavy atom. The van der Waals surface area contributed by atoms with Crippen molar-refractivity contribution in [2.24, 2.45) is 29.6 Å². The Balaban J connectivity index is 2.43. The van der Waals surface area contributed by atoms with Crippen LogP contribution < -0.4 is 0 Å². The number of rotatable bonds is 8. The standard InChI is InChI=1S/C17H32/c1-6-7-15(5)17(16-10-11-16)12-14(4)9-8-13(2)3/h8-9,13-17H,6-7,10-12H2,1-5H3. The van der Waals surface area contributed by atoms with E-state index in [4.69, 9.17) is 0 Å². The van der Waals surface area contributed by atoms with Gasteiger partial charge in [0.25, 0.3) is 0 Å². The first-order chi connectivity index (χ1) is 8.04. The summed E-state index contributed by atoms with van der Waals surface area (Å²) in [6, 6.07) is 0. The molecule has 0 radical (unpaired) electrons. The maximum atomic E-state index is 2.48. The maximum absolute atomic E-state index is 2.48. The fraction of sp³-hybridized carbons (Fsp3) is 0.882. The summed E-state index contributed by atoms with van der Waals surface area (Å²) >= 11 is 0. The van der Waals surface area contributed by atoms with Gasteiger partial charge in [-0.3, -0.25) is 0 Å². The minimum absolute atomic E-state index is 0.699. The molecule has 1 fully saturated rings. The number of hydrogen-bond acceptors (Lipinski definition) is 0. The van der Waals surface area contributed by atoms with Gasteiger partial charge < -0.3 is 0 Å². The fourth-order valence-corrected chi connectivity index (χ4v) is 3.00. The Hall–Kier alpha value is -0.260. The lowest BCUT2D eigenvalue weighted by Gasteiger charge is -2.25. The molecular weight excluding hydrogens is 204 g/mol. The Bertz CT molecular complexity index is 222. The van der Waals surface area contributed by atoms with E-state index in [2.05, 4.69) is 46.8 Å². The lowest BCUT2D eigenvalue weighted by Crippen LogP contribution is -2.16. The Morgan fingerprint density at radius 3 is 2.18 bits per heavy atom. The second-order valence-corrected chi connectivity index (χ2v) is 6.61. The van der Waals surface area contributed by atoms with Gasteiger partial charge in [-0.15, -0.1) is 0 Å². The first-order valence-corrected chi connectivity index (χ1v) is 7.72. The van der Waals surface area contributed by atoms with E-state index in [1.165, 1.54) is 32.1 Å². The van der Waals surface area contributed by atoms with Gasteiger partial charge in [-0.1, -0.05) is 59.6 Å². The van der Waals surface area contributed by atoms with Crippen molar-refractivity contribution >= 4 is 0 Å². The molecule has 100 valence electrons. The van der Waals surface area contributed by atoms with Gasteiger partial charge in [0.1, 0.15) is 0 Å². The van der Waals surface area contributed by atoms with Gasteiger partial charge in [-0.25, -0.2) is 0 Å². The Morgan fingerprint density at radius 1 is 1.06 bits per heavy atom. The zero-order valence-corrected chi connectivity index (χ0v) is 12.6. The molecule has 0 heterocycles. The predicted octanol–water partition coefficient (Wildman–Crippen LogP) is 5.69. The molecule has 1 saturated carbocycles. The quantitative estimate of drug-likeness (QED) is 0.475. The topological polar surface area (TPSA) is 0 Å². The van der Waals surface area contributed by atoms with Gasteiger partial charge in [0.2, 0.25) is 0 Å². The van der Waals surface area contributed by atoms with Crippen LogP contribution in [0.2, 0.25) is 0 Å². The third-order valence-electron chi connectivity index (χ3n) is 4.17. The predicted molar refractivity (Wildman–Crippen MR) is 78.0 cm³/mol. The van der Waals surface area contributed by atoms with E-state index in [9.17, 15) is 0 Å². The molecule has 0 aromatic carbocycles. The summed E-state index contributed by atoms with van der Waals surface area (Å²) in [6.45, 7) is 11.7. The zero-order chi connectivity index (χ0) is 12.8. The molecule has 17 heavy (non-hydrogen) atoms. The van der Waals surface area contributed by atoms with E-state index in [1.54, 1.807) is 0 Å². The van der Waals surface area contributed by atoms with E-state index in [0.717, 1.165) is 23.7 Å². The third kappa shape index (κ3) is 5.75. The van der Waals surface area contributed by atoms with Crippen LogP contribution >= 0.6 is 0 Å². The van der Waals surface area contributed by atoms with E-state index >= 15 is 0 Å². The molecule has 0 bridgehead atoms. The average Bonchev–Trinajstić information content (AvgIpc) is 3.07. The van der Waals surface area contributed by atoms with Crippen LogP contribution in [0, 0.1) is 29.6 Å². The minimum Gasteiger partial charge on any atom is -0.0857 e. The van der Waals surface area contributed by atoms with Crippen LogP contribution in [0.4, 0.5) is 0 Å². The van der Waals surface area contributed by atoms with Gasteiger partial charge in [-0.05, 0) is 48.9 Å². The molecule has 0 aromatic rings. The van der Waals surface area contributed by atoms with E-state index in [-0.39, 0.29) is 0 Å². The Labute approximate surface area is 109 Å². The molecule has 1 aliphatic rings. The summed E-state index contributed by atoms with van der Waals surface area (Å²) in [6.07, 6.45) is 12.0. The van der Waals surface area contributed by atoms with Crippen molar-refractivity contribution in [1.29, 1.82) is 0 Å². The van der Waals surface area contributed by atoms with Crippen molar-refractivity contribution in [3.63, 3.8) is 0 Å². The fourth-order valence-electron chi connectivity index (χ4n) is 3.00. The highest BCUT2D eigenvalue weighted by atomic mass is 14.4. The minimum atomic E-state index is 0.699. The summed E-state index contributed by atoms with van der Waals surface area (Å²) in [4.78, 5) is 0. The van der Waals surface area contributed by atoms with Crippen LogP contribution in [0.3, 0.4) is 0 Å². The SMILES string of the molecule is CCCC(C)C(CC(C)C=CC(C)C)C1CC1.